The van der Waals surface area contributed by atoms with Gasteiger partial charge in [-0.2, -0.15) is 0 Å². The predicted octanol–water partition coefficient (Wildman–Crippen LogP) is 0.282. The lowest BCUT2D eigenvalue weighted by atomic mass is 10.2. The van der Waals surface area contributed by atoms with Crippen LogP contribution in [0.4, 0.5) is 5.69 Å². The summed E-state index contributed by atoms with van der Waals surface area (Å²) in [6.07, 6.45) is 4.56. The first-order valence-corrected chi connectivity index (χ1v) is 7.03. The molecule has 0 aromatic heterocycles. The quantitative estimate of drug-likeness (QED) is 0.264. The summed E-state index contributed by atoms with van der Waals surface area (Å²) in [5, 5.41) is 20.9. The van der Waals surface area contributed by atoms with E-state index in [0.717, 1.165) is 0 Å². The van der Waals surface area contributed by atoms with Gasteiger partial charge >= 0.3 is 5.97 Å². The van der Waals surface area contributed by atoms with Crippen molar-refractivity contribution in [2.75, 3.05) is 5.32 Å². The molecule has 8 nitrogen and oxygen atoms in total. The van der Waals surface area contributed by atoms with E-state index in [0.29, 0.717) is 11.3 Å². The Hall–Kier alpha value is -3.34. The first-order chi connectivity index (χ1) is 11.3. The van der Waals surface area contributed by atoms with Crippen molar-refractivity contribution in [1.82, 2.24) is 5.32 Å². The van der Waals surface area contributed by atoms with Gasteiger partial charge in [0.1, 0.15) is 11.9 Å². The highest BCUT2D eigenvalue weighted by Crippen LogP contribution is 2.10. The molecule has 1 unspecified atom stereocenters. The van der Waals surface area contributed by atoms with E-state index < -0.39 is 17.9 Å². The van der Waals surface area contributed by atoms with Crippen LogP contribution in [0.2, 0.25) is 0 Å². The van der Waals surface area contributed by atoms with Crippen LogP contribution in [0, 0.1) is 17.8 Å². The molecule has 0 saturated carbocycles. The van der Waals surface area contributed by atoms with Crippen molar-refractivity contribution in [2.45, 2.75) is 25.3 Å². The SMILES string of the molecule is C#CC(CC(=O)O)NC(=O)CCC(=O)Nc1ccc(C(=N)N)cc1. The summed E-state index contributed by atoms with van der Waals surface area (Å²) in [5.41, 5.74) is 6.37. The van der Waals surface area contributed by atoms with Crippen molar-refractivity contribution in [3.8, 4) is 12.3 Å². The second-order valence-corrected chi connectivity index (χ2v) is 4.92. The molecule has 0 fully saturated rings. The normalized spacial score (nSPS) is 11.0. The first kappa shape index (κ1) is 18.7. The van der Waals surface area contributed by atoms with E-state index in [1.165, 1.54) is 0 Å². The van der Waals surface area contributed by atoms with Crippen molar-refractivity contribution in [1.29, 1.82) is 5.41 Å². The van der Waals surface area contributed by atoms with Gasteiger partial charge in [-0.25, -0.2) is 0 Å². The molecule has 1 rings (SSSR count). The number of rotatable bonds is 8. The standard InChI is InChI=1S/C16H18N4O4/c1-2-11(9-15(23)24)19-13(21)7-8-14(22)20-12-5-3-10(4-6-12)16(17)18/h1,3-6,11H,7-9H2,(H3,17,18)(H,19,21)(H,20,22)(H,23,24). The first-order valence-electron chi connectivity index (χ1n) is 7.03. The molecule has 1 aromatic carbocycles. The van der Waals surface area contributed by atoms with Crippen LogP contribution in [0.3, 0.4) is 0 Å². The smallest absolute Gasteiger partial charge is 0.306 e. The van der Waals surface area contributed by atoms with E-state index in [1.54, 1.807) is 24.3 Å². The maximum atomic E-state index is 11.8. The number of amidine groups is 1. The molecule has 0 aliphatic rings. The Morgan fingerprint density at radius 3 is 2.29 bits per heavy atom. The summed E-state index contributed by atoms with van der Waals surface area (Å²) in [5.74, 6) is 0.0926. The lowest BCUT2D eigenvalue weighted by molar-refractivity contribution is -0.137. The molecule has 2 amide bonds. The third kappa shape index (κ3) is 6.62. The van der Waals surface area contributed by atoms with E-state index in [2.05, 4.69) is 16.6 Å². The molecule has 8 heteroatoms. The van der Waals surface area contributed by atoms with Crippen molar-refractivity contribution in [3.05, 3.63) is 29.8 Å². The van der Waals surface area contributed by atoms with E-state index in [4.69, 9.17) is 22.7 Å². The van der Waals surface area contributed by atoms with Crippen molar-refractivity contribution < 1.29 is 19.5 Å². The van der Waals surface area contributed by atoms with Crippen LogP contribution >= 0.6 is 0 Å². The summed E-state index contributed by atoms with van der Waals surface area (Å²) < 4.78 is 0. The number of nitrogen functional groups attached to an aromatic ring is 1. The third-order valence-corrected chi connectivity index (χ3v) is 2.97. The number of aliphatic carboxylic acids is 1. The summed E-state index contributed by atoms with van der Waals surface area (Å²) in [6.45, 7) is 0. The fourth-order valence-electron chi connectivity index (χ4n) is 1.78. The highest BCUT2D eigenvalue weighted by Gasteiger charge is 2.14. The topological polar surface area (TPSA) is 145 Å². The van der Waals surface area contributed by atoms with Gasteiger partial charge in [-0.05, 0) is 24.3 Å². The van der Waals surface area contributed by atoms with Gasteiger partial charge in [-0.3, -0.25) is 19.8 Å². The lowest BCUT2D eigenvalue weighted by Gasteiger charge is -2.11. The Bertz CT molecular complexity index is 676. The van der Waals surface area contributed by atoms with E-state index in [-0.39, 0.29) is 31.0 Å². The second-order valence-electron chi connectivity index (χ2n) is 4.92. The number of amides is 2. The molecule has 0 bridgehead atoms. The predicted molar refractivity (Wildman–Crippen MR) is 88.3 cm³/mol. The Balaban J connectivity index is 2.42. The van der Waals surface area contributed by atoms with Crippen molar-refractivity contribution >= 4 is 29.3 Å². The van der Waals surface area contributed by atoms with Gasteiger partial charge in [0.2, 0.25) is 11.8 Å². The Morgan fingerprint density at radius 2 is 1.79 bits per heavy atom. The van der Waals surface area contributed by atoms with Crippen LogP contribution in [0.15, 0.2) is 24.3 Å². The van der Waals surface area contributed by atoms with Gasteiger partial charge in [-0.15, -0.1) is 6.42 Å². The van der Waals surface area contributed by atoms with Crippen LogP contribution in [0.25, 0.3) is 0 Å². The minimum atomic E-state index is -1.12. The number of nitrogens with one attached hydrogen (secondary N) is 3. The molecule has 0 spiro atoms. The number of carbonyl (C=O) groups is 3. The summed E-state index contributed by atoms with van der Waals surface area (Å²) in [7, 11) is 0. The van der Waals surface area contributed by atoms with Crippen LogP contribution in [-0.2, 0) is 14.4 Å². The number of hydrogen-bond acceptors (Lipinski definition) is 4. The van der Waals surface area contributed by atoms with Crippen LogP contribution in [0.5, 0.6) is 0 Å². The molecular formula is C16H18N4O4. The summed E-state index contributed by atoms with van der Waals surface area (Å²) >= 11 is 0. The highest BCUT2D eigenvalue weighted by molar-refractivity contribution is 5.96. The fraction of sp³-hybridized carbons (Fsp3) is 0.250. The van der Waals surface area contributed by atoms with E-state index in [9.17, 15) is 14.4 Å². The molecule has 0 radical (unpaired) electrons. The second kappa shape index (κ2) is 8.95. The summed E-state index contributed by atoms with van der Waals surface area (Å²) in [4.78, 5) is 34.0. The molecule has 0 saturated heterocycles. The number of anilines is 1. The monoisotopic (exact) mass is 330 g/mol. The number of carboxylic acids is 1. The molecule has 0 aliphatic heterocycles. The zero-order valence-corrected chi connectivity index (χ0v) is 12.8. The molecule has 0 aliphatic carbocycles. The van der Waals surface area contributed by atoms with Crippen LogP contribution in [-0.4, -0.2) is 34.8 Å². The fourth-order valence-corrected chi connectivity index (χ4v) is 1.78. The van der Waals surface area contributed by atoms with Gasteiger partial charge < -0.3 is 21.5 Å². The number of benzene rings is 1. The zero-order valence-electron chi connectivity index (χ0n) is 12.8. The van der Waals surface area contributed by atoms with Crippen LogP contribution < -0.4 is 16.4 Å². The maximum absolute atomic E-state index is 11.8. The van der Waals surface area contributed by atoms with Gasteiger partial charge in [0.25, 0.3) is 0 Å². The molecular weight excluding hydrogens is 312 g/mol. The van der Waals surface area contributed by atoms with Gasteiger partial charge in [0.15, 0.2) is 0 Å². The number of terminal acetylenes is 1. The molecule has 24 heavy (non-hydrogen) atoms. The van der Waals surface area contributed by atoms with Crippen LogP contribution in [0.1, 0.15) is 24.8 Å². The molecule has 0 heterocycles. The van der Waals surface area contributed by atoms with Gasteiger partial charge in [-0.1, -0.05) is 5.92 Å². The number of hydrogen-bond donors (Lipinski definition) is 5. The average molecular weight is 330 g/mol. The maximum Gasteiger partial charge on any atom is 0.306 e. The Kier molecular flexibility index (Phi) is 6.97. The molecule has 1 atom stereocenters. The average Bonchev–Trinajstić information content (AvgIpc) is 2.52. The minimum absolute atomic E-state index is 0.0750. The molecule has 126 valence electrons. The molecule has 6 N–H and O–H groups in total. The number of nitrogens with two attached hydrogens (primary N) is 1. The van der Waals surface area contributed by atoms with E-state index in [1.807, 2.05) is 0 Å². The molecule has 1 aromatic rings. The number of carboxylic acid groups (broad SMARTS) is 1. The van der Waals surface area contributed by atoms with Crippen molar-refractivity contribution in [2.24, 2.45) is 5.73 Å². The van der Waals surface area contributed by atoms with Gasteiger partial charge in [0, 0.05) is 24.1 Å². The zero-order chi connectivity index (χ0) is 18.1. The Labute approximate surface area is 138 Å². The number of carbonyl (C=O) groups excluding carboxylic acids is 2. The largest absolute Gasteiger partial charge is 0.481 e. The highest BCUT2D eigenvalue weighted by atomic mass is 16.4. The Morgan fingerprint density at radius 1 is 1.21 bits per heavy atom. The summed E-state index contributed by atoms with van der Waals surface area (Å²) in [6, 6.07) is 5.46. The lowest BCUT2D eigenvalue weighted by Crippen LogP contribution is -2.35. The minimum Gasteiger partial charge on any atom is -0.481 e. The van der Waals surface area contributed by atoms with Crippen molar-refractivity contribution in [3.63, 3.8) is 0 Å². The van der Waals surface area contributed by atoms with E-state index >= 15 is 0 Å². The third-order valence-electron chi connectivity index (χ3n) is 2.97. The van der Waals surface area contributed by atoms with Gasteiger partial charge in [0.05, 0.1) is 6.42 Å².